The second-order valence-corrected chi connectivity index (χ2v) is 7.22. The molecule has 2 amide bonds. The summed E-state index contributed by atoms with van der Waals surface area (Å²) in [7, 11) is 0. The second kappa shape index (κ2) is 9.58. The van der Waals surface area contributed by atoms with Gasteiger partial charge in [-0.15, -0.1) is 0 Å². The van der Waals surface area contributed by atoms with E-state index in [0.717, 1.165) is 11.1 Å². The fourth-order valence-electron chi connectivity index (χ4n) is 3.15. The lowest BCUT2D eigenvalue weighted by Crippen LogP contribution is -2.48. The average Bonchev–Trinajstić information content (AvgIpc) is 2.70. The number of hydrogen-bond acceptors (Lipinski definition) is 4. The van der Waals surface area contributed by atoms with Crippen LogP contribution in [0.15, 0.2) is 59.8 Å². The molecule has 7 heteroatoms. The first-order valence-corrected chi connectivity index (χ1v) is 9.85. The summed E-state index contributed by atoms with van der Waals surface area (Å²) in [6, 6.07) is 14.2. The van der Waals surface area contributed by atoms with Crippen molar-refractivity contribution in [3.63, 3.8) is 0 Å². The first-order chi connectivity index (χ1) is 14.0. The zero-order valence-electron chi connectivity index (χ0n) is 16.4. The van der Waals surface area contributed by atoms with E-state index in [2.05, 4.69) is 16.0 Å². The van der Waals surface area contributed by atoms with Crippen LogP contribution >= 0.6 is 11.6 Å². The molecule has 0 radical (unpaired) electrons. The van der Waals surface area contributed by atoms with Gasteiger partial charge in [0.05, 0.1) is 18.2 Å². The number of aryl methyl sites for hydroxylation is 1. The molecule has 0 bridgehead atoms. The number of esters is 1. The van der Waals surface area contributed by atoms with Gasteiger partial charge in [0.2, 0.25) is 0 Å². The first-order valence-electron chi connectivity index (χ1n) is 9.47. The van der Waals surface area contributed by atoms with E-state index >= 15 is 0 Å². The molecule has 1 aliphatic rings. The van der Waals surface area contributed by atoms with E-state index in [0.29, 0.717) is 29.4 Å². The fraction of sp³-hybridized carbons (Fsp3) is 0.273. The summed E-state index contributed by atoms with van der Waals surface area (Å²) >= 11 is 5.98. The molecule has 0 saturated heterocycles. The molecular weight excluding hydrogens is 390 g/mol. The second-order valence-electron chi connectivity index (χ2n) is 6.78. The highest BCUT2D eigenvalue weighted by Gasteiger charge is 2.33. The van der Waals surface area contributed by atoms with E-state index in [4.69, 9.17) is 16.3 Å². The van der Waals surface area contributed by atoms with Crippen molar-refractivity contribution in [1.82, 2.24) is 16.0 Å². The fourth-order valence-corrected chi connectivity index (χ4v) is 3.28. The van der Waals surface area contributed by atoms with E-state index in [1.165, 1.54) is 5.56 Å². The molecule has 2 aromatic rings. The van der Waals surface area contributed by atoms with Crippen molar-refractivity contribution in [2.45, 2.75) is 26.4 Å². The number of carbonyl (C=O) groups excluding carboxylic acids is 2. The summed E-state index contributed by atoms with van der Waals surface area (Å²) < 4.78 is 5.26. The lowest BCUT2D eigenvalue weighted by atomic mass is 9.95. The summed E-state index contributed by atoms with van der Waals surface area (Å²) in [6.45, 7) is 4.96. The summed E-state index contributed by atoms with van der Waals surface area (Å²) in [5, 5.41) is 9.43. The summed E-state index contributed by atoms with van der Waals surface area (Å²) in [4.78, 5) is 25.0. The van der Waals surface area contributed by atoms with Gasteiger partial charge < -0.3 is 20.7 Å². The normalized spacial score (nSPS) is 16.2. The topological polar surface area (TPSA) is 79.5 Å². The molecule has 1 atom stereocenters. The van der Waals surface area contributed by atoms with E-state index in [1.807, 2.05) is 31.2 Å². The standard InChI is InChI=1S/C22H24ClN3O3/c1-3-29-21(27)19-18(13-24-12-15-6-4-14(2)5-7-15)25-22(28)26-20(19)16-8-10-17(23)11-9-16/h4-11,20,24H,3,12-13H2,1-2H3,(H2,25,26,28)/t20-/m0/s1. The Hall–Kier alpha value is -2.83. The Balaban J connectivity index is 1.85. The number of ether oxygens (including phenoxy) is 1. The van der Waals surface area contributed by atoms with Crippen LogP contribution in [0.5, 0.6) is 0 Å². The Morgan fingerprint density at radius 2 is 1.79 bits per heavy atom. The van der Waals surface area contributed by atoms with E-state index < -0.39 is 12.0 Å². The molecule has 1 heterocycles. The van der Waals surface area contributed by atoms with E-state index in [9.17, 15) is 9.59 Å². The molecule has 0 fully saturated rings. The van der Waals surface area contributed by atoms with Crippen molar-refractivity contribution in [3.05, 3.63) is 81.5 Å². The molecule has 0 unspecified atom stereocenters. The number of benzene rings is 2. The van der Waals surface area contributed by atoms with Gasteiger partial charge >= 0.3 is 12.0 Å². The SMILES string of the molecule is CCOC(=O)C1=C(CNCc2ccc(C)cc2)NC(=O)N[C@H]1c1ccc(Cl)cc1. The van der Waals surface area contributed by atoms with Crippen LogP contribution in [0.1, 0.15) is 29.7 Å². The van der Waals surface area contributed by atoms with Crippen molar-refractivity contribution < 1.29 is 14.3 Å². The zero-order valence-corrected chi connectivity index (χ0v) is 17.2. The van der Waals surface area contributed by atoms with Crippen LogP contribution in [0.4, 0.5) is 4.79 Å². The quantitative estimate of drug-likeness (QED) is 0.606. The molecule has 2 aromatic carbocycles. The highest BCUT2D eigenvalue weighted by molar-refractivity contribution is 6.30. The molecular formula is C22H24ClN3O3. The van der Waals surface area contributed by atoms with E-state index in [-0.39, 0.29) is 12.6 Å². The molecule has 3 N–H and O–H groups in total. The van der Waals surface area contributed by atoms with Crippen molar-refractivity contribution in [2.24, 2.45) is 0 Å². The smallest absolute Gasteiger partial charge is 0.338 e. The van der Waals surface area contributed by atoms with E-state index in [1.54, 1.807) is 31.2 Å². The third-order valence-corrected chi connectivity index (χ3v) is 4.86. The minimum absolute atomic E-state index is 0.244. The molecule has 0 aromatic heterocycles. The molecule has 1 aliphatic heterocycles. The van der Waals surface area contributed by atoms with Crippen molar-refractivity contribution in [1.29, 1.82) is 0 Å². The van der Waals surface area contributed by atoms with Gasteiger partial charge in [-0.25, -0.2) is 9.59 Å². The van der Waals surface area contributed by atoms with Crippen molar-refractivity contribution in [3.8, 4) is 0 Å². The number of amides is 2. The summed E-state index contributed by atoms with van der Waals surface area (Å²) in [6.07, 6.45) is 0. The number of nitrogens with one attached hydrogen (secondary N) is 3. The maximum atomic E-state index is 12.7. The third-order valence-electron chi connectivity index (χ3n) is 4.60. The van der Waals surface area contributed by atoms with Crippen molar-refractivity contribution in [2.75, 3.05) is 13.2 Å². The van der Waals surface area contributed by atoms with Gasteiger partial charge in [0.25, 0.3) is 0 Å². The Morgan fingerprint density at radius 1 is 1.10 bits per heavy atom. The Morgan fingerprint density at radius 3 is 2.45 bits per heavy atom. The van der Waals surface area contributed by atoms with Gasteiger partial charge in [0, 0.05) is 23.8 Å². The van der Waals surface area contributed by atoms with Gasteiger partial charge in [0.1, 0.15) is 0 Å². The Kier molecular flexibility index (Phi) is 6.90. The van der Waals surface area contributed by atoms with Crippen LogP contribution in [-0.4, -0.2) is 25.2 Å². The first kappa shape index (κ1) is 20.9. The lowest BCUT2D eigenvalue weighted by Gasteiger charge is -2.29. The van der Waals surface area contributed by atoms with Crippen LogP contribution < -0.4 is 16.0 Å². The van der Waals surface area contributed by atoms with Gasteiger partial charge in [-0.05, 0) is 37.1 Å². The summed E-state index contributed by atoms with van der Waals surface area (Å²) in [5.41, 5.74) is 3.94. The maximum Gasteiger partial charge on any atom is 0.338 e. The van der Waals surface area contributed by atoms with Crippen LogP contribution in [-0.2, 0) is 16.1 Å². The molecule has 0 saturated carbocycles. The largest absolute Gasteiger partial charge is 0.463 e. The predicted molar refractivity (Wildman–Crippen MR) is 112 cm³/mol. The third kappa shape index (κ3) is 5.37. The molecule has 3 rings (SSSR count). The number of hydrogen-bond donors (Lipinski definition) is 3. The monoisotopic (exact) mass is 413 g/mol. The van der Waals surface area contributed by atoms with Gasteiger partial charge in [-0.3, -0.25) is 0 Å². The molecule has 152 valence electrons. The average molecular weight is 414 g/mol. The van der Waals surface area contributed by atoms with Crippen LogP contribution in [0.2, 0.25) is 5.02 Å². The molecule has 6 nitrogen and oxygen atoms in total. The predicted octanol–water partition coefficient (Wildman–Crippen LogP) is 3.61. The van der Waals surface area contributed by atoms with Crippen LogP contribution in [0.3, 0.4) is 0 Å². The highest BCUT2D eigenvalue weighted by atomic mass is 35.5. The Labute approximate surface area is 175 Å². The number of halogens is 1. The minimum Gasteiger partial charge on any atom is -0.463 e. The molecule has 0 aliphatic carbocycles. The van der Waals surface area contributed by atoms with Crippen LogP contribution in [0, 0.1) is 6.92 Å². The van der Waals surface area contributed by atoms with Gasteiger partial charge in [-0.2, -0.15) is 0 Å². The Bertz CT molecular complexity index is 908. The minimum atomic E-state index is -0.615. The molecule has 0 spiro atoms. The van der Waals surface area contributed by atoms with Crippen molar-refractivity contribution >= 4 is 23.6 Å². The lowest BCUT2D eigenvalue weighted by molar-refractivity contribution is -0.139. The number of urea groups is 1. The number of rotatable bonds is 7. The van der Waals surface area contributed by atoms with Gasteiger partial charge in [0.15, 0.2) is 0 Å². The summed E-state index contributed by atoms with van der Waals surface area (Å²) in [5.74, 6) is -0.466. The van der Waals surface area contributed by atoms with Crippen LogP contribution in [0.25, 0.3) is 0 Å². The van der Waals surface area contributed by atoms with Gasteiger partial charge in [-0.1, -0.05) is 53.6 Å². The zero-order chi connectivity index (χ0) is 20.8. The maximum absolute atomic E-state index is 12.7. The number of carbonyl (C=O) groups is 2. The molecule has 29 heavy (non-hydrogen) atoms. The highest BCUT2D eigenvalue weighted by Crippen LogP contribution is 2.28.